The molecular weight excluding hydrogens is 358 g/mol. The number of aromatic hydroxyl groups is 1. The molecule has 0 aromatic heterocycles. The molecule has 0 spiro atoms. The molecule has 1 aliphatic carbocycles. The molecule has 0 radical (unpaired) electrons. The van der Waals surface area contributed by atoms with Crippen LogP contribution in [0.5, 0.6) is 5.75 Å². The van der Waals surface area contributed by atoms with Gasteiger partial charge in [0.2, 0.25) is 0 Å². The molecular formula is C15H12Cl2OZr. The minimum absolute atomic E-state index is 0. The molecule has 3 rings (SSSR count). The van der Waals surface area contributed by atoms with E-state index in [-0.39, 0.29) is 51.0 Å². The number of phenolic OH excluding ortho intramolecular Hbond substituents is 1. The van der Waals surface area contributed by atoms with Gasteiger partial charge in [-0.15, -0.1) is 0 Å². The molecule has 0 amide bonds. The minimum Gasteiger partial charge on any atom is -1.00 e. The number of halogens is 2. The second kappa shape index (κ2) is 7.89. The normalized spacial score (nSPS) is 10.7. The first-order valence-corrected chi connectivity index (χ1v) is 5.43. The fourth-order valence-electron chi connectivity index (χ4n) is 2.23. The maximum absolute atomic E-state index is 9.87. The molecule has 19 heavy (non-hydrogen) atoms. The molecule has 2 aromatic carbocycles. The number of benzene rings is 2. The van der Waals surface area contributed by atoms with Gasteiger partial charge in [-0.3, -0.25) is 0 Å². The zero-order chi connectivity index (χ0) is 11.0. The van der Waals surface area contributed by atoms with Crippen LogP contribution in [0.3, 0.4) is 0 Å². The van der Waals surface area contributed by atoms with Crippen molar-refractivity contribution in [3.8, 4) is 16.9 Å². The molecule has 0 unspecified atom stereocenters. The third kappa shape index (κ3) is 3.51. The molecule has 0 saturated carbocycles. The Morgan fingerprint density at radius 2 is 1.53 bits per heavy atom. The zero-order valence-corrected chi connectivity index (χ0v) is 14.1. The van der Waals surface area contributed by atoms with Gasteiger partial charge in [-0.25, -0.2) is 0 Å². The molecule has 0 aliphatic heterocycles. The predicted octanol–water partition coefficient (Wildman–Crippen LogP) is -2.37. The maximum Gasteiger partial charge on any atom is 2.00 e. The summed E-state index contributed by atoms with van der Waals surface area (Å²) in [5.74, 6) is 0.344. The van der Waals surface area contributed by atoms with Crippen molar-refractivity contribution in [3.63, 3.8) is 0 Å². The second-order valence-electron chi connectivity index (χ2n) is 4.00. The summed E-state index contributed by atoms with van der Waals surface area (Å²) in [6, 6.07) is 13.7. The van der Waals surface area contributed by atoms with Crippen LogP contribution >= 0.6 is 0 Å². The number of allylic oxidation sites excluding steroid dienone is 1. The first-order chi connectivity index (χ1) is 7.86. The largest absolute Gasteiger partial charge is 2.00 e. The number of phenols is 1. The zero-order valence-electron chi connectivity index (χ0n) is 10.1. The monoisotopic (exact) mass is 368 g/mol. The van der Waals surface area contributed by atoms with E-state index in [9.17, 15) is 5.11 Å². The van der Waals surface area contributed by atoms with Crippen molar-refractivity contribution in [3.05, 3.63) is 59.7 Å². The quantitative estimate of drug-likeness (QED) is 0.595. The van der Waals surface area contributed by atoms with E-state index in [0.717, 1.165) is 17.5 Å². The van der Waals surface area contributed by atoms with E-state index in [4.69, 9.17) is 0 Å². The van der Waals surface area contributed by atoms with Gasteiger partial charge < -0.3 is 29.9 Å². The number of fused-ring (bicyclic) bond motifs is 1. The van der Waals surface area contributed by atoms with Gasteiger partial charge in [0.25, 0.3) is 0 Å². The second-order valence-corrected chi connectivity index (χ2v) is 4.00. The molecule has 2 aromatic rings. The van der Waals surface area contributed by atoms with E-state index in [2.05, 4.69) is 24.3 Å². The summed E-state index contributed by atoms with van der Waals surface area (Å²) in [7, 11) is 0. The molecule has 0 fully saturated rings. The van der Waals surface area contributed by atoms with E-state index >= 15 is 0 Å². The third-order valence-electron chi connectivity index (χ3n) is 3.01. The molecule has 0 heterocycles. The Bertz CT molecular complexity index is 582. The van der Waals surface area contributed by atoms with Crippen molar-refractivity contribution in [2.45, 2.75) is 6.42 Å². The Morgan fingerprint density at radius 1 is 0.842 bits per heavy atom. The molecule has 1 aliphatic rings. The average molecular weight is 370 g/mol. The fourth-order valence-corrected chi connectivity index (χ4v) is 2.23. The van der Waals surface area contributed by atoms with Crippen LogP contribution in [0.2, 0.25) is 0 Å². The number of para-hydroxylation sites is 1. The molecule has 0 saturated heterocycles. The third-order valence-corrected chi connectivity index (χ3v) is 3.01. The van der Waals surface area contributed by atoms with Gasteiger partial charge in [0.15, 0.2) is 0 Å². The maximum atomic E-state index is 9.87. The summed E-state index contributed by atoms with van der Waals surface area (Å²) in [6.07, 6.45) is 5.29. The van der Waals surface area contributed by atoms with Crippen LogP contribution in [-0.2, 0) is 32.6 Å². The Balaban J connectivity index is 0.00000108. The first-order valence-electron chi connectivity index (χ1n) is 5.43. The Hall–Kier alpha value is -0.557. The van der Waals surface area contributed by atoms with Crippen molar-refractivity contribution in [2.75, 3.05) is 0 Å². The van der Waals surface area contributed by atoms with Crippen LogP contribution < -0.4 is 24.8 Å². The molecule has 96 valence electrons. The van der Waals surface area contributed by atoms with Crippen LogP contribution in [0.15, 0.2) is 48.5 Å². The number of rotatable bonds is 1. The van der Waals surface area contributed by atoms with E-state index in [1.807, 2.05) is 24.3 Å². The molecule has 1 N–H and O–H groups in total. The molecule has 4 heteroatoms. The number of hydrogen-bond acceptors (Lipinski definition) is 1. The van der Waals surface area contributed by atoms with E-state index in [1.165, 1.54) is 11.1 Å². The van der Waals surface area contributed by atoms with Crippen molar-refractivity contribution < 1.29 is 56.1 Å². The van der Waals surface area contributed by atoms with Gasteiger partial charge in [0.05, 0.1) is 0 Å². The van der Waals surface area contributed by atoms with Crippen LogP contribution in [0, 0.1) is 0 Å². The van der Waals surface area contributed by atoms with E-state index < -0.39 is 0 Å². The predicted molar refractivity (Wildman–Crippen MR) is 66.3 cm³/mol. The van der Waals surface area contributed by atoms with Gasteiger partial charge in [-0.1, -0.05) is 48.6 Å². The van der Waals surface area contributed by atoms with Crippen molar-refractivity contribution in [2.24, 2.45) is 0 Å². The SMILES string of the molecule is Oc1ccccc1-c1cccc2c1C=CC2.[Cl-].[Cl-].[Zr+2]. The van der Waals surface area contributed by atoms with Gasteiger partial charge in [0.1, 0.15) is 5.75 Å². The standard InChI is InChI=1S/C15H12O.2ClH.Zr/c16-15-10-2-1-7-14(15)13-9-4-6-11-5-3-8-12(11)13;;;/h1-4,6-10,16H,5H2;2*1H;/q;;;+2/p-2. The summed E-state index contributed by atoms with van der Waals surface area (Å²) >= 11 is 0. The van der Waals surface area contributed by atoms with Crippen molar-refractivity contribution in [1.29, 1.82) is 0 Å². The van der Waals surface area contributed by atoms with Gasteiger partial charge in [-0.05, 0) is 29.2 Å². The summed E-state index contributed by atoms with van der Waals surface area (Å²) in [4.78, 5) is 0. The summed E-state index contributed by atoms with van der Waals surface area (Å²) in [5, 5.41) is 9.87. The summed E-state index contributed by atoms with van der Waals surface area (Å²) in [5.41, 5.74) is 4.60. The minimum atomic E-state index is 0. The van der Waals surface area contributed by atoms with Crippen LogP contribution in [-0.4, -0.2) is 5.11 Å². The smallest absolute Gasteiger partial charge is 1.00 e. The number of hydrogen-bond donors (Lipinski definition) is 1. The van der Waals surface area contributed by atoms with Crippen LogP contribution in [0.1, 0.15) is 11.1 Å². The van der Waals surface area contributed by atoms with Crippen LogP contribution in [0.25, 0.3) is 17.2 Å². The van der Waals surface area contributed by atoms with Crippen molar-refractivity contribution in [1.82, 2.24) is 0 Å². The van der Waals surface area contributed by atoms with E-state index in [1.54, 1.807) is 6.07 Å². The molecule has 0 bridgehead atoms. The van der Waals surface area contributed by atoms with Crippen molar-refractivity contribution >= 4 is 6.08 Å². The Morgan fingerprint density at radius 3 is 2.26 bits per heavy atom. The average Bonchev–Trinajstić information content (AvgIpc) is 2.77. The fraction of sp³-hybridized carbons (Fsp3) is 0.0667. The topological polar surface area (TPSA) is 20.2 Å². The molecule has 0 atom stereocenters. The Labute approximate surface area is 144 Å². The van der Waals surface area contributed by atoms with E-state index in [0.29, 0.717) is 5.75 Å². The van der Waals surface area contributed by atoms with Gasteiger partial charge in [-0.2, -0.15) is 0 Å². The van der Waals surface area contributed by atoms with Crippen LogP contribution in [0.4, 0.5) is 0 Å². The van der Waals surface area contributed by atoms with Gasteiger partial charge >= 0.3 is 26.2 Å². The molecule has 1 nitrogen and oxygen atoms in total. The van der Waals surface area contributed by atoms with Gasteiger partial charge in [0, 0.05) is 5.56 Å². The first kappa shape index (κ1) is 18.4. The Kier molecular flexibility index (Phi) is 7.66. The summed E-state index contributed by atoms with van der Waals surface area (Å²) < 4.78 is 0. The summed E-state index contributed by atoms with van der Waals surface area (Å²) in [6.45, 7) is 0.